The van der Waals surface area contributed by atoms with Crippen LogP contribution in [0.3, 0.4) is 0 Å². The maximum absolute atomic E-state index is 14.3. The fraction of sp³-hybridized carbons (Fsp3) is 0.130. The Morgan fingerprint density at radius 2 is 1.88 bits per heavy atom. The van der Waals surface area contributed by atoms with Crippen LogP contribution < -0.4 is 14.8 Å². The topological polar surface area (TPSA) is 97.4 Å². The number of carbonyl (C=O) groups excluding carboxylic acids is 1. The second-order valence-electron chi connectivity index (χ2n) is 6.80. The van der Waals surface area contributed by atoms with E-state index < -0.39 is 21.7 Å². The van der Waals surface area contributed by atoms with Crippen molar-refractivity contribution in [3.05, 3.63) is 84.4 Å². The molecule has 1 heterocycles. The van der Waals surface area contributed by atoms with E-state index in [0.29, 0.717) is 29.1 Å². The number of halogens is 1. The van der Waals surface area contributed by atoms with Crippen molar-refractivity contribution in [3.8, 4) is 11.5 Å². The first-order valence-electron chi connectivity index (χ1n) is 9.82. The van der Waals surface area contributed by atoms with E-state index in [-0.39, 0.29) is 11.5 Å². The van der Waals surface area contributed by atoms with Gasteiger partial charge in [0, 0.05) is 23.6 Å². The van der Waals surface area contributed by atoms with Gasteiger partial charge in [0.2, 0.25) is 15.9 Å². The molecular formula is C23H22FN3O4S. The molecule has 0 aliphatic carbocycles. The third kappa shape index (κ3) is 6.92. The normalized spacial score (nSPS) is 11.3. The minimum absolute atomic E-state index is 0.0352. The number of anilines is 2. The van der Waals surface area contributed by atoms with E-state index in [1.165, 1.54) is 30.5 Å². The van der Waals surface area contributed by atoms with E-state index >= 15 is 0 Å². The Bertz CT molecular complexity index is 1200. The van der Waals surface area contributed by atoms with Gasteiger partial charge in [0.05, 0.1) is 11.9 Å². The van der Waals surface area contributed by atoms with Crippen LogP contribution in [0.2, 0.25) is 0 Å². The lowest BCUT2D eigenvalue weighted by Gasteiger charge is -2.08. The van der Waals surface area contributed by atoms with Gasteiger partial charge in [-0.3, -0.25) is 14.5 Å². The molecule has 0 fully saturated rings. The number of hydrogen-bond acceptors (Lipinski definition) is 5. The highest BCUT2D eigenvalue weighted by atomic mass is 32.2. The summed E-state index contributed by atoms with van der Waals surface area (Å²) in [7, 11) is -3.38. The summed E-state index contributed by atoms with van der Waals surface area (Å²) in [5, 5.41) is 2.66. The van der Waals surface area contributed by atoms with E-state index in [4.69, 9.17) is 4.74 Å². The molecule has 0 atom stereocenters. The molecule has 32 heavy (non-hydrogen) atoms. The molecule has 0 bridgehead atoms. The van der Waals surface area contributed by atoms with Gasteiger partial charge < -0.3 is 10.1 Å². The predicted molar refractivity (Wildman–Crippen MR) is 123 cm³/mol. The van der Waals surface area contributed by atoms with Crippen molar-refractivity contribution in [3.63, 3.8) is 0 Å². The molecule has 7 nitrogen and oxygen atoms in total. The van der Waals surface area contributed by atoms with Crippen LogP contribution in [0.1, 0.15) is 18.9 Å². The molecular weight excluding hydrogens is 433 g/mol. The summed E-state index contributed by atoms with van der Waals surface area (Å²) in [5.74, 6) is -0.488. The largest absolute Gasteiger partial charge is 0.453 e. The molecule has 3 aromatic rings. The molecule has 3 rings (SSSR count). The molecule has 0 aliphatic heterocycles. The monoisotopic (exact) mass is 455 g/mol. The lowest BCUT2D eigenvalue weighted by Crippen LogP contribution is -2.16. The number of hydrogen-bond donors (Lipinski definition) is 2. The van der Waals surface area contributed by atoms with Gasteiger partial charge in [0.1, 0.15) is 5.75 Å². The van der Waals surface area contributed by atoms with Gasteiger partial charge in [-0.05, 0) is 66.6 Å². The Morgan fingerprint density at radius 3 is 2.53 bits per heavy atom. The standard InChI is InChI=1S/C23H22FN3O4S/c1-2-14-32(29,30)27-19-9-7-18(8-10-19)26-23(28)12-6-17-5-11-22(21(24)15-17)31-20-4-3-13-25-16-20/h3-13,15-16,27H,2,14H2,1H3,(H,26,28)/b12-6+. The molecule has 0 saturated carbocycles. The maximum Gasteiger partial charge on any atom is 0.248 e. The first kappa shape index (κ1) is 23.0. The Kier molecular flexibility index (Phi) is 7.56. The van der Waals surface area contributed by atoms with E-state index in [9.17, 15) is 17.6 Å². The number of sulfonamides is 1. The summed E-state index contributed by atoms with van der Waals surface area (Å²) >= 11 is 0. The zero-order valence-electron chi connectivity index (χ0n) is 17.3. The van der Waals surface area contributed by atoms with Gasteiger partial charge in [-0.25, -0.2) is 12.8 Å². The number of carbonyl (C=O) groups is 1. The van der Waals surface area contributed by atoms with E-state index in [1.54, 1.807) is 55.6 Å². The van der Waals surface area contributed by atoms with Crippen LogP contribution in [0.25, 0.3) is 6.08 Å². The molecule has 166 valence electrons. The summed E-state index contributed by atoms with van der Waals surface area (Å²) in [5.41, 5.74) is 1.39. The smallest absolute Gasteiger partial charge is 0.248 e. The zero-order chi connectivity index (χ0) is 23.0. The Hall–Kier alpha value is -3.72. The highest BCUT2D eigenvalue weighted by molar-refractivity contribution is 7.92. The average Bonchev–Trinajstić information content (AvgIpc) is 2.76. The van der Waals surface area contributed by atoms with Crippen molar-refractivity contribution >= 4 is 33.4 Å². The molecule has 0 aliphatic rings. The molecule has 0 spiro atoms. The summed E-state index contributed by atoms with van der Waals surface area (Å²) in [4.78, 5) is 16.0. The third-order valence-electron chi connectivity index (χ3n) is 4.14. The summed E-state index contributed by atoms with van der Waals surface area (Å²) < 4.78 is 45.8. The van der Waals surface area contributed by atoms with E-state index in [2.05, 4.69) is 15.0 Å². The number of pyridine rings is 1. The molecule has 1 amide bonds. The first-order chi connectivity index (χ1) is 15.3. The quantitative estimate of drug-likeness (QED) is 0.451. The number of aromatic nitrogens is 1. The van der Waals surface area contributed by atoms with Gasteiger partial charge in [-0.15, -0.1) is 0 Å². The number of nitrogens with zero attached hydrogens (tertiary/aromatic N) is 1. The Morgan fingerprint density at radius 1 is 1.12 bits per heavy atom. The van der Waals surface area contributed by atoms with Crippen LogP contribution >= 0.6 is 0 Å². The summed E-state index contributed by atoms with van der Waals surface area (Å²) in [6, 6.07) is 14.0. The van der Waals surface area contributed by atoms with Crippen LogP contribution in [0.15, 0.2) is 73.1 Å². The predicted octanol–water partition coefficient (Wildman–Crippen LogP) is 4.82. The minimum Gasteiger partial charge on any atom is -0.453 e. The van der Waals surface area contributed by atoms with Crippen LogP contribution in [-0.4, -0.2) is 25.1 Å². The summed E-state index contributed by atoms with van der Waals surface area (Å²) in [6.45, 7) is 1.78. The second kappa shape index (κ2) is 10.5. The molecule has 0 saturated heterocycles. The van der Waals surface area contributed by atoms with Crippen LogP contribution in [0, 0.1) is 5.82 Å². The number of amides is 1. The fourth-order valence-corrected chi connectivity index (χ4v) is 3.85. The second-order valence-corrected chi connectivity index (χ2v) is 8.64. The maximum atomic E-state index is 14.3. The van der Waals surface area contributed by atoms with Gasteiger partial charge in [-0.1, -0.05) is 13.0 Å². The van der Waals surface area contributed by atoms with Crippen LogP contribution in [0.4, 0.5) is 15.8 Å². The third-order valence-corrected chi connectivity index (χ3v) is 5.64. The molecule has 2 aromatic carbocycles. The number of benzene rings is 2. The number of ether oxygens (including phenoxy) is 1. The summed E-state index contributed by atoms with van der Waals surface area (Å²) in [6.07, 6.45) is 6.32. The molecule has 9 heteroatoms. The molecule has 0 unspecified atom stereocenters. The first-order valence-corrected chi connectivity index (χ1v) is 11.5. The molecule has 0 radical (unpaired) electrons. The van der Waals surface area contributed by atoms with Crippen LogP contribution in [0.5, 0.6) is 11.5 Å². The Balaban J connectivity index is 1.57. The lowest BCUT2D eigenvalue weighted by atomic mass is 10.2. The van der Waals surface area contributed by atoms with Gasteiger partial charge in [0.25, 0.3) is 0 Å². The van der Waals surface area contributed by atoms with Crippen molar-refractivity contribution < 1.29 is 22.3 Å². The molecule has 1 aromatic heterocycles. The van der Waals surface area contributed by atoms with Crippen molar-refractivity contribution in [2.45, 2.75) is 13.3 Å². The van der Waals surface area contributed by atoms with Crippen molar-refractivity contribution in [1.29, 1.82) is 0 Å². The van der Waals surface area contributed by atoms with E-state index in [0.717, 1.165) is 0 Å². The van der Waals surface area contributed by atoms with Gasteiger partial charge in [0.15, 0.2) is 11.6 Å². The van der Waals surface area contributed by atoms with Gasteiger partial charge >= 0.3 is 0 Å². The van der Waals surface area contributed by atoms with E-state index in [1.807, 2.05) is 0 Å². The van der Waals surface area contributed by atoms with Crippen molar-refractivity contribution in [1.82, 2.24) is 4.98 Å². The minimum atomic E-state index is -3.38. The van der Waals surface area contributed by atoms with Crippen molar-refractivity contribution in [2.75, 3.05) is 15.8 Å². The van der Waals surface area contributed by atoms with Crippen LogP contribution in [-0.2, 0) is 14.8 Å². The number of nitrogens with one attached hydrogen (secondary N) is 2. The lowest BCUT2D eigenvalue weighted by molar-refractivity contribution is -0.111. The zero-order valence-corrected chi connectivity index (χ0v) is 18.1. The fourth-order valence-electron chi connectivity index (χ4n) is 2.71. The average molecular weight is 456 g/mol. The highest BCUT2D eigenvalue weighted by Crippen LogP contribution is 2.25. The van der Waals surface area contributed by atoms with Gasteiger partial charge in [-0.2, -0.15) is 0 Å². The van der Waals surface area contributed by atoms with Crippen molar-refractivity contribution in [2.24, 2.45) is 0 Å². The Labute approximate surface area is 186 Å². The molecule has 2 N–H and O–H groups in total. The highest BCUT2D eigenvalue weighted by Gasteiger charge is 2.09. The SMILES string of the molecule is CCCS(=O)(=O)Nc1ccc(NC(=O)/C=C/c2ccc(Oc3cccnc3)c(F)c2)cc1. The number of rotatable bonds is 9.